The average molecular weight is 252 g/mol. The van der Waals surface area contributed by atoms with Gasteiger partial charge in [-0.15, -0.1) is 0 Å². The molecule has 0 N–H and O–H groups in total. The van der Waals surface area contributed by atoms with Crippen LogP contribution in [0.5, 0.6) is 0 Å². The maximum Gasteiger partial charge on any atom is 0.141 e. The van der Waals surface area contributed by atoms with E-state index in [4.69, 9.17) is 0 Å². The third-order valence-corrected chi connectivity index (χ3v) is 3.92. The van der Waals surface area contributed by atoms with Crippen LogP contribution in [0.1, 0.15) is 67.2 Å². The number of carbonyl (C=O) groups is 2. The van der Waals surface area contributed by atoms with E-state index in [0.29, 0.717) is 0 Å². The molecule has 1 saturated carbocycles. The van der Waals surface area contributed by atoms with Gasteiger partial charge in [-0.2, -0.15) is 0 Å². The molecule has 2 heteroatoms. The molecule has 0 amide bonds. The topological polar surface area (TPSA) is 34.1 Å². The number of hydrogen-bond acceptors (Lipinski definition) is 2. The first-order chi connectivity index (χ1) is 8.05. The van der Waals surface area contributed by atoms with Gasteiger partial charge in [-0.1, -0.05) is 54.4 Å². The largest absolute Gasteiger partial charge is 0.299 e. The lowest BCUT2D eigenvalue weighted by Gasteiger charge is -2.36. The normalized spacial score (nSPS) is 25.9. The molecular weight excluding hydrogens is 224 g/mol. The summed E-state index contributed by atoms with van der Waals surface area (Å²) in [4.78, 5) is 25.0. The highest BCUT2D eigenvalue weighted by atomic mass is 16.1. The molecule has 0 radical (unpaired) electrons. The van der Waals surface area contributed by atoms with E-state index in [1.807, 2.05) is 41.5 Å². The van der Waals surface area contributed by atoms with Crippen LogP contribution in [0.25, 0.3) is 0 Å². The van der Waals surface area contributed by atoms with E-state index >= 15 is 0 Å². The second kappa shape index (κ2) is 5.14. The van der Waals surface area contributed by atoms with E-state index < -0.39 is 0 Å². The molecule has 2 nitrogen and oxygen atoms in total. The van der Waals surface area contributed by atoms with Crippen molar-refractivity contribution in [1.82, 2.24) is 0 Å². The summed E-state index contributed by atoms with van der Waals surface area (Å²) in [6.07, 6.45) is 3.95. The molecule has 18 heavy (non-hydrogen) atoms. The highest BCUT2D eigenvalue weighted by molar-refractivity contribution is 5.94. The van der Waals surface area contributed by atoms with Crippen molar-refractivity contribution in [3.63, 3.8) is 0 Å². The first kappa shape index (κ1) is 15.4. The van der Waals surface area contributed by atoms with E-state index in [2.05, 4.69) is 0 Å². The first-order valence-corrected chi connectivity index (χ1v) is 7.14. The molecule has 0 aromatic carbocycles. The fraction of sp³-hybridized carbons (Fsp3) is 0.875. The SMILES string of the molecule is CC(C)(C)C(=O)[C@@H]1CCCC[C@H]1C(=O)C(C)(C)C. The van der Waals surface area contributed by atoms with Crippen LogP contribution in [-0.2, 0) is 9.59 Å². The Bertz CT molecular complexity index is 294. The van der Waals surface area contributed by atoms with Crippen LogP contribution in [-0.4, -0.2) is 11.6 Å². The Morgan fingerprint density at radius 1 is 0.722 bits per heavy atom. The molecule has 2 atom stereocenters. The summed E-state index contributed by atoms with van der Waals surface area (Å²) in [6, 6.07) is 0. The molecule has 1 aliphatic rings. The van der Waals surface area contributed by atoms with Gasteiger partial charge >= 0.3 is 0 Å². The molecule has 1 fully saturated rings. The Morgan fingerprint density at radius 3 is 1.22 bits per heavy atom. The van der Waals surface area contributed by atoms with Crippen molar-refractivity contribution in [2.75, 3.05) is 0 Å². The van der Waals surface area contributed by atoms with Crippen molar-refractivity contribution < 1.29 is 9.59 Å². The molecule has 0 heterocycles. The zero-order valence-corrected chi connectivity index (χ0v) is 12.8. The van der Waals surface area contributed by atoms with Crippen molar-refractivity contribution in [1.29, 1.82) is 0 Å². The van der Waals surface area contributed by atoms with E-state index in [9.17, 15) is 9.59 Å². The quantitative estimate of drug-likeness (QED) is 0.743. The highest BCUT2D eigenvalue weighted by Gasteiger charge is 2.42. The van der Waals surface area contributed by atoms with Crippen LogP contribution in [0.4, 0.5) is 0 Å². The molecule has 1 aliphatic carbocycles. The summed E-state index contributed by atoms with van der Waals surface area (Å²) in [6.45, 7) is 11.8. The Balaban J connectivity index is 2.94. The summed E-state index contributed by atoms with van der Waals surface area (Å²) >= 11 is 0. The summed E-state index contributed by atoms with van der Waals surface area (Å²) in [5.41, 5.74) is -0.670. The van der Waals surface area contributed by atoms with Crippen LogP contribution in [0.3, 0.4) is 0 Å². The highest BCUT2D eigenvalue weighted by Crippen LogP contribution is 2.39. The van der Waals surface area contributed by atoms with Gasteiger partial charge in [0.25, 0.3) is 0 Å². The second-order valence-corrected chi connectivity index (χ2v) is 7.73. The lowest BCUT2D eigenvalue weighted by atomic mass is 9.66. The summed E-state index contributed by atoms with van der Waals surface area (Å²) in [7, 11) is 0. The van der Waals surface area contributed by atoms with Gasteiger partial charge in [0.05, 0.1) is 0 Å². The van der Waals surface area contributed by atoms with E-state index in [1.165, 1.54) is 0 Å². The van der Waals surface area contributed by atoms with Gasteiger partial charge in [-0.05, 0) is 12.8 Å². The van der Waals surface area contributed by atoms with Gasteiger partial charge in [0.15, 0.2) is 0 Å². The molecule has 0 unspecified atom stereocenters. The van der Waals surface area contributed by atoms with E-state index in [0.717, 1.165) is 25.7 Å². The van der Waals surface area contributed by atoms with Gasteiger partial charge in [-0.25, -0.2) is 0 Å². The molecule has 0 saturated heterocycles. The Morgan fingerprint density at radius 2 is 1.00 bits per heavy atom. The second-order valence-electron chi connectivity index (χ2n) is 7.73. The van der Waals surface area contributed by atoms with E-state index in [1.54, 1.807) is 0 Å². The van der Waals surface area contributed by atoms with Crippen molar-refractivity contribution in [3.8, 4) is 0 Å². The van der Waals surface area contributed by atoms with Gasteiger partial charge in [0, 0.05) is 22.7 Å². The number of rotatable bonds is 2. The van der Waals surface area contributed by atoms with Crippen molar-refractivity contribution in [3.05, 3.63) is 0 Å². The molecule has 104 valence electrons. The maximum absolute atomic E-state index is 12.5. The minimum absolute atomic E-state index is 0.0505. The summed E-state index contributed by atoms with van der Waals surface area (Å²) in [5.74, 6) is 0.436. The predicted molar refractivity (Wildman–Crippen MR) is 74.4 cm³/mol. The Labute approximate surface area is 112 Å². The third-order valence-electron chi connectivity index (χ3n) is 3.92. The third kappa shape index (κ3) is 3.43. The number of Topliss-reactive ketones (excluding diaryl/α,β-unsaturated/α-hetero) is 2. The zero-order chi connectivity index (χ0) is 14.1. The smallest absolute Gasteiger partial charge is 0.141 e. The minimum Gasteiger partial charge on any atom is -0.299 e. The molecular formula is C16H28O2. The Kier molecular flexibility index (Phi) is 4.40. The molecule has 1 rings (SSSR count). The molecule has 0 aliphatic heterocycles. The predicted octanol–water partition coefficient (Wildman–Crippen LogP) is 4.02. The number of ketones is 2. The van der Waals surface area contributed by atoms with Gasteiger partial charge < -0.3 is 0 Å². The molecule has 0 spiro atoms. The van der Waals surface area contributed by atoms with Gasteiger partial charge in [0.2, 0.25) is 0 Å². The van der Waals surface area contributed by atoms with Crippen LogP contribution in [0.2, 0.25) is 0 Å². The van der Waals surface area contributed by atoms with Crippen LogP contribution in [0, 0.1) is 22.7 Å². The molecule has 0 aromatic heterocycles. The minimum atomic E-state index is -0.335. The number of hydrogen-bond donors (Lipinski definition) is 0. The van der Waals surface area contributed by atoms with Crippen LogP contribution >= 0.6 is 0 Å². The lowest BCUT2D eigenvalue weighted by Crippen LogP contribution is -2.42. The molecule has 0 aromatic rings. The van der Waals surface area contributed by atoms with Crippen LogP contribution in [0.15, 0.2) is 0 Å². The number of carbonyl (C=O) groups excluding carboxylic acids is 2. The molecule has 0 bridgehead atoms. The maximum atomic E-state index is 12.5. The fourth-order valence-electron chi connectivity index (χ4n) is 2.87. The van der Waals surface area contributed by atoms with Crippen molar-refractivity contribution in [2.24, 2.45) is 22.7 Å². The van der Waals surface area contributed by atoms with Gasteiger partial charge in [-0.3, -0.25) is 9.59 Å². The first-order valence-electron chi connectivity index (χ1n) is 7.14. The Hall–Kier alpha value is -0.660. The van der Waals surface area contributed by atoms with E-state index in [-0.39, 0.29) is 34.2 Å². The summed E-state index contributed by atoms with van der Waals surface area (Å²) in [5, 5.41) is 0. The van der Waals surface area contributed by atoms with Gasteiger partial charge in [0.1, 0.15) is 11.6 Å². The average Bonchev–Trinajstić information content (AvgIpc) is 2.24. The standard InChI is InChI=1S/C16H28O2/c1-15(2,3)13(17)11-9-7-8-10-12(11)14(18)16(4,5)6/h11-12H,7-10H2,1-6H3/t11-,12-/m1/s1. The van der Waals surface area contributed by atoms with Crippen LogP contribution < -0.4 is 0 Å². The lowest BCUT2D eigenvalue weighted by molar-refractivity contribution is -0.142. The zero-order valence-electron chi connectivity index (χ0n) is 12.8. The van der Waals surface area contributed by atoms with Crippen molar-refractivity contribution in [2.45, 2.75) is 67.2 Å². The summed E-state index contributed by atoms with van der Waals surface area (Å²) < 4.78 is 0. The van der Waals surface area contributed by atoms with Crippen molar-refractivity contribution >= 4 is 11.6 Å². The monoisotopic (exact) mass is 252 g/mol. The fourth-order valence-corrected chi connectivity index (χ4v) is 2.87.